The Morgan fingerprint density at radius 2 is 1.92 bits per heavy atom. The molecule has 2 aromatic rings. The van der Waals surface area contributed by atoms with E-state index in [2.05, 4.69) is 10.6 Å². The van der Waals surface area contributed by atoms with Gasteiger partial charge in [-0.2, -0.15) is 0 Å². The van der Waals surface area contributed by atoms with Crippen molar-refractivity contribution in [3.8, 4) is 11.5 Å². The van der Waals surface area contributed by atoms with Gasteiger partial charge in [0.2, 0.25) is 0 Å². The van der Waals surface area contributed by atoms with Crippen molar-refractivity contribution in [2.75, 3.05) is 11.9 Å². The zero-order valence-corrected chi connectivity index (χ0v) is 16.5. The third-order valence-electron chi connectivity index (χ3n) is 3.24. The SMILES string of the molecule is CCOc1ccccc1NC(=S)NC(=O)C(C)Oc1ccc(Cl)cc1Cl. The molecule has 1 amide bonds. The van der Waals surface area contributed by atoms with Crippen molar-refractivity contribution in [1.82, 2.24) is 5.32 Å². The first-order valence-corrected chi connectivity index (χ1v) is 9.02. The highest BCUT2D eigenvalue weighted by atomic mass is 35.5. The Bertz CT molecular complexity index is 802. The number of rotatable bonds is 6. The minimum atomic E-state index is -0.810. The van der Waals surface area contributed by atoms with Crippen molar-refractivity contribution in [3.63, 3.8) is 0 Å². The molecule has 0 aliphatic carbocycles. The van der Waals surface area contributed by atoms with Gasteiger partial charge in [-0.3, -0.25) is 10.1 Å². The van der Waals surface area contributed by atoms with Crippen LogP contribution in [-0.2, 0) is 4.79 Å². The van der Waals surface area contributed by atoms with Gasteiger partial charge in [0.25, 0.3) is 5.91 Å². The van der Waals surface area contributed by atoms with E-state index in [0.29, 0.717) is 33.8 Å². The third-order valence-corrected chi connectivity index (χ3v) is 3.97. The molecule has 0 aliphatic heterocycles. The maximum Gasteiger partial charge on any atom is 0.266 e. The number of amides is 1. The smallest absolute Gasteiger partial charge is 0.266 e. The molecule has 26 heavy (non-hydrogen) atoms. The monoisotopic (exact) mass is 412 g/mol. The summed E-state index contributed by atoms with van der Waals surface area (Å²) < 4.78 is 11.1. The summed E-state index contributed by atoms with van der Waals surface area (Å²) in [5.41, 5.74) is 0.661. The van der Waals surface area contributed by atoms with Crippen LogP contribution >= 0.6 is 35.4 Å². The minimum Gasteiger partial charge on any atom is -0.492 e. The first-order valence-electron chi connectivity index (χ1n) is 7.86. The third kappa shape index (κ3) is 5.76. The van der Waals surface area contributed by atoms with Gasteiger partial charge in [0.05, 0.1) is 17.3 Å². The fourth-order valence-corrected chi connectivity index (χ4v) is 2.70. The highest BCUT2D eigenvalue weighted by molar-refractivity contribution is 7.80. The fourth-order valence-electron chi connectivity index (χ4n) is 2.03. The van der Waals surface area contributed by atoms with Crippen LogP contribution in [0.25, 0.3) is 0 Å². The van der Waals surface area contributed by atoms with Crippen molar-refractivity contribution in [1.29, 1.82) is 0 Å². The van der Waals surface area contributed by atoms with Crippen LogP contribution in [-0.4, -0.2) is 23.7 Å². The highest BCUT2D eigenvalue weighted by Gasteiger charge is 2.18. The van der Waals surface area contributed by atoms with E-state index < -0.39 is 12.0 Å². The molecule has 0 aliphatic rings. The van der Waals surface area contributed by atoms with E-state index >= 15 is 0 Å². The van der Waals surface area contributed by atoms with Crippen LogP contribution in [0.3, 0.4) is 0 Å². The molecule has 0 spiro atoms. The lowest BCUT2D eigenvalue weighted by molar-refractivity contribution is -0.125. The molecule has 2 N–H and O–H groups in total. The van der Waals surface area contributed by atoms with Crippen molar-refractivity contribution >= 4 is 52.1 Å². The summed E-state index contributed by atoms with van der Waals surface area (Å²) in [5, 5.41) is 6.46. The lowest BCUT2D eigenvalue weighted by atomic mass is 10.3. The van der Waals surface area contributed by atoms with Gasteiger partial charge < -0.3 is 14.8 Å². The molecule has 8 heteroatoms. The number of thiocarbonyl (C=S) groups is 1. The summed E-state index contributed by atoms with van der Waals surface area (Å²) in [6.07, 6.45) is -0.810. The summed E-state index contributed by atoms with van der Waals surface area (Å²) in [5.74, 6) is 0.588. The second kappa shape index (κ2) is 9.62. The number of carbonyl (C=O) groups is 1. The average molecular weight is 413 g/mol. The van der Waals surface area contributed by atoms with Crippen LogP contribution in [0.1, 0.15) is 13.8 Å². The van der Waals surface area contributed by atoms with Crippen molar-refractivity contribution in [2.24, 2.45) is 0 Å². The van der Waals surface area contributed by atoms with Crippen molar-refractivity contribution in [2.45, 2.75) is 20.0 Å². The highest BCUT2D eigenvalue weighted by Crippen LogP contribution is 2.28. The first-order chi connectivity index (χ1) is 12.4. The number of anilines is 1. The number of benzene rings is 2. The van der Waals surface area contributed by atoms with Gasteiger partial charge in [-0.05, 0) is 56.4 Å². The lowest BCUT2D eigenvalue weighted by Crippen LogP contribution is -2.42. The second-order valence-electron chi connectivity index (χ2n) is 5.21. The Morgan fingerprint density at radius 3 is 2.62 bits per heavy atom. The molecule has 2 rings (SSSR count). The Hall–Kier alpha value is -2.02. The van der Waals surface area contributed by atoms with E-state index in [1.165, 1.54) is 0 Å². The molecule has 2 aromatic carbocycles. The fraction of sp³-hybridized carbons (Fsp3) is 0.222. The standard InChI is InChI=1S/C18H18Cl2N2O3S/c1-3-24-16-7-5-4-6-14(16)21-18(26)22-17(23)11(2)25-15-9-8-12(19)10-13(15)20/h4-11H,3H2,1-2H3,(H2,21,22,23,26). The molecule has 0 radical (unpaired) electrons. The molecular weight excluding hydrogens is 395 g/mol. The van der Waals surface area contributed by atoms with E-state index in [9.17, 15) is 4.79 Å². The van der Waals surface area contributed by atoms with Gasteiger partial charge in [0.1, 0.15) is 11.5 Å². The van der Waals surface area contributed by atoms with E-state index in [4.69, 9.17) is 44.9 Å². The Kier molecular flexibility index (Phi) is 7.50. The number of carbonyl (C=O) groups excluding carboxylic acids is 1. The van der Waals surface area contributed by atoms with E-state index in [0.717, 1.165) is 0 Å². The predicted octanol–water partition coefficient (Wildman–Crippen LogP) is 4.67. The average Bonchev–Trinajstić information content (AvgIpc) is 2.59. The van der Waals surface area contributed by atoms with Gasteiger partial charge in [0, 0.05) is 5.02 Å². The van der Waals surface area contributed by atoms with Crippen molar-refractivity contribution < 1.29 is 14.3 Å². The molecule has 5 nitrogen and oxygen atoms in total. The molecular formula is C18H18Cl2N2O3S. The van der Waals surface area contributed by atoms with Gasteiger partial charge in [-0.1, -0.05) is 35.3 Å². The zero-order valence-electron chi connectivity index (χ0n) is 14.2. The van der Waals surface area contributed by atoms with Gasteiger partial charge in [0.15, 0.2) is 11.2 Å². The minimum absolute atomic E-state index is 0.139. The molecule has 0 saturated heterocycles. The number of ether oxygens (including phenoxy) is 2. The topological polar surface area (TPSA) is 59.6 Å². The summed E-state index contributed by atoms with van der Waals surface area (Å²) in [6.45, 7) is 4.00. The normalized spacial score (nSPS) is 11.4. The Morgan fingerprint density at radius 1 is 1.19 bits per heavy atom. The Balaban J connectivity index is 1.95. The maximum atomic E-state index is 12.3. The number of para-hydroxylation sites is 2. The summed E-state index contributed by atoms with van der Waals surface area (Å²) >= 11 is 17.1. The molecule has 0 saturated carbocycles. The first kappa shape index (κ1) is 20.3. The molecule has 0 heterocycles. The summed E-state index contributed by atoms with van der Waals surface area (Å²) in [4.78, 5) is 12.3. The van der Waals surface area contributed by atoms with Crippen LogP contribution in [0.2, 0.25) is 10.0 Å². The number of halogens is 2. The maximum absolute atomic E-state index is 12.3. The van der Waals surface area contributed by atoms with E-state index in [1.807, 2.05) is 25.1 Å². The zero-order chi connectivity index (χ0) is 19.1. The molecule has 1 atom stereocenters. The van der Waals surface area contributed by atoms with Crippen LogP contribution in [0.4, 0.5) is 5.69 Å². The summed E-state index contributed by atoms with van der Waals surface area (Å²) in [6, 6.07) is 12.1. The van der Waals surface area contributed by atoms with E-state index in [-0.39, 0.29) is 5.11 Å². The number of nitrogens with one attached hydrogen (secondary N) is 2. The predicted molar refractivity (Wildman–Crippen MR) is 109 cm³/mol. The summed E-state index contributed by atoms with van der Waals surface area (Å²) in [7, 11) is 0. The van der Waals surface area contributed by atoms with Crippen molar-refractivity contribution in [3.05, 3.63) is 52.5 Å². The molecule has 0 aromatic heterocycles. The van der Waals surface area contributed by atoms with Crippen LogP contribution < -0.4 is 20.1 Å². The number of hydrogen-bond donors (Lipinski definition) is 2. The largest absolute Gasteiger partial charge is 0.492 e. The molecule has 0 fully saturated rings. The Labute approximate surface area is 167 Å². The quantitative estimate of drug-likeness (QED) is 0.674. The van der Waals surface area contributed by atoms with Crippen LogP contribution in [0.5, 0.6) is 11.5 Å². The molecule has 1 unspecified atom stereocenters. The lowest BCUT2D eigenvalue weighted by Gasteiger charge is -2.17. The van der Waals surface area contributed by atoms with Gasteiger partial charge >= 0.3 is 0 Å². The van der Waals surface area contributed by atoms with Crippen LogP contribution in [0, 0.1) is 0 Å². The second-order valence-corrected chi connectivity index (χ2v) is 6.46. The molecule has 138 valence electrons. The van der Waals surface area contributed by atoms with Gasteiger partial charge in [-0.25, -0.2) is 0 Å². The molecule has 0 bridgehead atoms. The number of hydrogen-bond acceptors (Lipinski definition) is 4. The van der Waals surface area contributed by atoms with Crippen LogP contribution in [0.15, 0.2) is 42.5 Å². The van der Waals surface area contributed by atoms with Gasteiger partial charge in [-0.15, -0.1) is 0 Å². The van der Waals surface area contributed by atoms with E-state index in [1.54, 1.807) is 31.2 Å².